The van der Waals surface area contributed by atoms with Gasteiger partial charge in [0.05, 0.1) is 12.5 Å². The summed E-state index contributed by atoms with van der Waals surface area (Å²) in [6, 6.07) is -1.02. The van der Waals surface area contributed by atoms with Gasteiger partial charge >= 0.3 is 5.97 Å². The van der Waals surface area contributed by atoms with Gasteiger partial charge in [0.1, 0.15) is 6.04 Å². The number of carboxylic acid groups (broad SMARTS) is 1. The minimum Gasteiger partial charge on any atom is -0.480 e. The Morgan fingerprint density at radius 2 is 2.33 bits per heavy atom. The molecule has 1 amide bonds. The molecule has 2 aromatic heterocycles. The highest BCUT2D eigenvalue weighted by molar-refractivity contribution is 5.94. The van der Waals surface area contributed by atoms with Crippen molar-refractivity contribution in [3.63, 3.8) is 0 Å². The van der Waals surface area contributed by atoms with Crippen LogP contribution >= 0.6 is 0 Å². The Morgan fingerprint density at radius 3 is 2.90 bits per heavy atom. The fraction of sp³-hybridized carbons (Fsp3) is 0.231. The first-order valence-electron chi connectivity index (χ1n) is 6.22. The smallest absolute Gasteiger partial charge is 0.326 e. The predicted molar refractivity (Wildman–Crippen MR) is 74.1 cm³/mol. The van der Waals surface area contributed by atoms with Crippen LogP contribution in [-0.2, 0) is 23.1 Å². The van der Waals surface area contributed by atoms with Crippen molar-refractivity contribution < 1.29 is 14.7 Å². The number of hydrogen-bond donors (Lipinski definition) is 3. The molecule has 0 aliphatic heterocycles. The van der Waals surface area contributed by atoms with Crippen LogP contribution in [0.5, 0.6) is 0 Å². The number of aliphatic carboxylic acids is 1. The number of H-pyrrole nitrogens is 1. The normalized spacial score (nSPS) is 12.4. The molecule has 0 aliphatic rings. The topological polar surface area (TPSA) is 113 Å². The number of aromatic amines is 1. The number of nitrogens with one attached hydrogen (secondary N) is 2. The van der Waals surface area contributed by atoms with Gasteiger partial charge in [-0.15, -0.1) is 0 Å². The molecular formula is C13H15N5O3. The zero-order valence-electron chi connectivity index (χ0n) is 11.4. The van der Waals surface area contributed by atoms with Crippen LogP contribution in [0, 0.1) is 0 Å². The molecule has 0 spiro atoms. The van der Waals surface area contributed by atoms with Crippen molar-refractivity contribution in [2.45, 2.75) is 12.5 Å². The average molecular weight is 289 g/mol. The second kappa shape index (κ2) is 6.51. The molecule has 0 radical (unpaired) electrons. The lowest BCUT2D eigenvalue weighted by Gasteiger charge is -2.11. The van der Waals surface area contributed by atoms with E-state index in [1.54, 1.807) is 30.2 Å². The van der Waals surface area contributed by atoms with Gasteiger partial charge in [-0.25, -0.2) is 9.78 Å². The molecule has 2 aromatic rings. The summed E-state index contributed by atoms with van der Waals surface area (Å²) < 4.78 is 1.61. The van der Waals surface area contributed by atoms with E-state index >= 15 is 0 Å². The van der Waals surface area contributed by atoms with Crippen LogP contribution in [0.4, 0.5) is 0 Å². The first-order valence-corrected chi connectivity index (χ1v) is 6.22. The number of carbonyl (C=O) groups is 2. The fourth-order valence-corrected chi connectivity index (χ4v) is 1.73. The summed E-state index contributed by atoms with van der Waals surface area (Å²) in [5.74, 6) is -1.58. The molecule has 0 aliphatic carbocycles. The molecule has 0 unspecified atom stereocenters. The summed E-state index contributed by atoms with van der Waals surface area (Å²) in [5.41, 5.74) is 1.40. The molecule has 0 aromatic carbocycles. The Kier molecular flexibility index (Phi) is 4.50. The number of carbonyl (C=O) groups excluding carboxylic acids is 1. The molecule has 2 heterocycles. The SMILES string of the molecule is Cn1cc(/C=C/C(=O)N[C@H](Cc2cnc[nH]2)C(=O)O)cn1. The number of aromatic nitrogens is 4. The van der Waals surface area contributed by atoms with E-state index in [0.717, 1.165) is 5.56 Å². The quantitative estimate of drug-likeness (QED) is 0.646. The van der Waals surface area contributed by atoms with Crippen molar-refractivity contribution in [2.75, 3.05) is 0 Å². The number of carboxylic acids is 1. The molecule has 3 N–H and O–H groups in total. The van der Waals surface area contributed by atoms with E-state index in [9.17, 15) is 9.59 Å². The molecule has 0 saturated heterocycles. The summed E-state index contributed by atoms with van der Waals surface area (Å²) in [6.45, 7) is 0. The molecule has 1 atom stereocenters. The maximum Gasteiger partial charge on any atom is 0.326 e. The maximum absolute atomic E-state index is 11.8. The zero-order valence-corrected chi connectivity index (χ0v) is 11.4. The van der Waals surface area contributed by atoms with Gasteiger partial charge in [-0.3, -0.25) is 9.48 Å². The van der Waals surface area contributed by atoms with Crippen LogP contribution in [0.1, 0.15) is 11.3 Å². The molecule has 21 heavy (non-hydrogen) atoms. The van der Waals surface area contributed by atoms with Crippen molar-refractivity contribution in [3.8, 4) is 0 Å². The lowest BCUT2D eigenvalue weighted by Crippen LogP contribution is -2.41. The number of aryl methyl sites for hydroxylation is 1. The molecule has 8 heteroatoms. The molecule has 0 fully saturated rings. The second-order valence-electron chi connectivity index (χ2n) is 4.46. The Balaban J connectivity index is 1.95. The first-order chi connectivity index (χ1) is 10.0. The Morgan fingerprint density at radius 1 is 1.52 bits per heavy atom. The fourth-order valence-electron chi connectivity index (χ4n) is 1.73. The lowest BCUT2D eigenvalue weighted by atomic mass is 10.1. The third-order valence-corrected chi connectivity index (χ3v) is 2.75. The molecule has 0 bridgehead atoms. The Hall–Kier alpha value is -2.90. The zero-order chi connectivity index (χ0) is 15.2. The number of hydrogen-bond acceptors (Lipinski definition) is 4. The van der Waals surface area contributed by atoms with Crippen molar-refractivity contribution in [1.82, 2.24) is 25.1 Å². The predicted octanol–water partition coefficient (Wildman–Crippen LogP) is -0.0315. The summed E-state index contributed by atoms with van der Waals surface area (Å²) >= 11 is 0. The van der Waals surface area contributed by atoms with E-state index in [-0.39, 0.29) is 6.42 Å². The maximum atomic E-state index is 11.8. The van der Waals surface area contributed by atoms with Gasteiger partial charge in [0, 0.05) is 43.2 Å². The number of nitrogens with zero attached hydrogens (tertiary/aromatic N) is 3. The van der Waals surface area contributed by atoms with Crippen LogP contribution in [0.25, 0.3) is 6.08 Å². The molecule has 2 rings (SSSR count). The summed E-state index contributed by atoms with van der Waals surface area (Å²) in [4.78, 5) is 29.5. The standard InChI is InChI=1S/C13H15N5O3/c1-18-7-9(5-16-18)2-3-12(19)17-11(13(20)21)4-10-6-14-8-15-10/h2-3,5-8,11H,4H2,1H3,(H,14,15)(H,17,19)(H,20,21)/b3-2+/t11-/m1/s1. The van der Waals surface area contributed by atoms with E-state index in [4.69, 9.17) is 5.11 Å². The van der Waals surface area contributed by atoms with E-state index in [0.29, 0.717) is 5.69 Å². The van der Waals surface area contributed by atoms with Crippen molar-refractivity contribution >= 4 is 18.0 Å². The highest BCUT2D eigenvalue weighted by atomic mass is 16.4. The van der Waals surface area contributed by atoms with Gasteiger partial charge in [-0.05, 0) is 6.08 Å². The van der Waals surface area contributed by atoms with E-state index in [2.05, 4.69) is 20.4 Å². The summed E-state index contributed by atoms with van der Waals surface area (Å²) in [6.07, 6.45) is 9.30. The monoisotopic (exact) mass is 289 g/mol. The molecular weight excluding hydrogens is 274 g/mol. The van der Waals surface area contributed by atoms with Gasteiger partial charge in [0.25, 0.3) is 0 Å². The highest BCUT2D eigenvalue weighted by Gasteiger charge is 2.19. The van der Waals surface area contributed by atoms with Gasteiger partial charge < -0.3 is 15.4 Å². The molecule has 110 valence electrons. The van der Waals surface area contributed by atoms with Crippen molar-refractivity contribution in [1.29, 1.82) is 0 Å². The number of amides is 1. The third kappa shape index (κ3) is 4.30. The van der Waals surface area contributed by atoms with Crippen LogP contribution in [0.3, 0.4) is 0 Å². The first kappa shape index (κ1) is 14.5. The Bertz CT molecular complexity index is 645. The highest BCUT2D eigenvalue weighted by Crippen LogP contribution is 2.01. The summed E-state index contributed by atoms with van der Waals surface area (Å²) in [5, 5.41) is 15.5. The van der Waals surface area contributed by atoms with Crippen molar-refractivity contribution in [3.05, 3.63) is 42.3 Å². The van der Waals surface area contributed by atoms with Crippen LogP contribution in [0.15, 0.2) is 31.0 Å². The Labute approximate surface area is 120 Å². The number of imidazole rings is 1. The largest absolute Gasteiger partial charge is 0.480 e. The van der Waals surface area contributed by atoms with Gasteiger partial charge in [0.15, 0.2) is 0 Å². The minimum absolute atomic E-state index is 0.141. The second-order valence-corrected chi connectivity index (χ2v) is 4.46. The van der Waals surface area contributed by atoms with E-state index in [1.807, 2.05) is 0 Å². The van der Waals surface area contributed by atoms with Gasteiger partial charge in [-0.1, -0.05) is 0 Å². The van der Waals surface area contributed by atoms with E-state index < -0.39 is 17.9 Å². The minimum atomic E-state index is -1.10. The lowest BCUT2D eigenvalue weighted by molar-refractivity contribution is -0.141. The van der Waals surface area contributed by atoms with Crippen LogP contribution in [0.2, 0.25) is 0 Å². The van der Waals surface area contributed by atoms with E-state index in [1.165, 1.54) is 18.6 Å². The molecule has 0 saturated carbocycles. The summed E-state index contributed by atoms with van der Waals surface area (Å²) in [7, 11) is 1.77. The average Bonchev–Trinajstić information content (AvgIpc) is 3.07. The van der Waals surface area contributed by atoms with Gasteiger partial charge in [0.2, 0.25) is 5.91 Å². The van der Waals surface area contributed by atoms with Crippen LogP contribution < -0.4 is 5.32 Å². The van der Waals surface area contributed by atoms with Gasteiger partial charge in [-0.2, -0.15) is 5.10 Å². The third-order valence-electron chi connectivity index (χ3n) is 2.75. The van der Waals surface area contributed by atoms with Crippen molar-refractivity contribution in [2.24, 2.45) is 7.05 Å². The van der Waals surface area contributed by atoms with Crippen LogP contribution in [-0.4, -0.2) is 42.8 Å². The number of rotatable bonds is 6. The molecule has 8 nitrogen and oxygen atoms in total.